The van der Waals surface area contributed by atoms with Gasteiger partial charge in [0.1, 0.15) is 47.9 Å². The largest absolute Gasteiger partial charge is 0.508 e. The third kappa shape index (κ3) is 4.92. The Balaban J connectivity index is 0.000000191. The molecule has 0 aliphatic heterocycles. The predicted octanol–water partition coefficient (Wildman–Crippen LogP) is 4.34. The van der Waals surface area contributed by atoms with Crippen molar-refractivity contribution in [3.8, 4) is 45.9 Å². The number of nitriles is 2. The van der Waals surface area contributed by atoms with Crippen LogP contribution in [0.15, 0.2) is 49.1 Å². The van der Waals surface area contributed by atoms with E-state index in [1.165, 1.54) is 36.9 Å². The van der Waals surface area contributed by atoms with E-state index in [9.17, 15) is 8.78 Å². The fourth-order valence-electron chi connectivity index (χ4n) is 3.18. The highest BCUT2D eigenvalue weighted by Gasteiger charge is 2.16. The van der Waals surface area contributed by atoms with Gasteiger partial charge in [0.05, 0.1) is 0 Å². The van der Waals surface area contributed by atoms with Crippen molar-refractivity contribution in [3.05, 3.63) is 83.5 Å². The van der Waals surface area contributed by atoms with Gasteiger partial charge in [-0.05, 0) is 38.1 Å². The summed E-state index contributed by atoms with van der Waals surface area (Å²) in [7, 11) is 0. The number of rotatable bonds is 2. The van der Waals surface area contributed by atoms with Crippen molar-refractivity contribution >= 4 is 0 Å². The summed E-state index contributed by atoms with van der Waals surface area (Å²) in [4.78, 5) is 15.5. The monoisotopic (exact) mass is 458 g/mol. The summed E-state index contributed by atoms with van der Waals surface area (Å²) in [5.74, 6) is -1.56. The minimum atomic E-state index is -0.612. The van der Waals surface area contributed by atoms with E-state index < -0.39 is 11.6 Å². The molecule has 0 saturated carbocycles. The van der Waals surface area contributed by atoms with E-state index in [1.807, 2.05) is 12.1 Å². The highest BCUT2D eigenvalue weighted by Crippen LogP contribution is 2.30. The second-order valence-electron chi connectivity index (χ2n) is 6.92. The van der Waals surface area contributed by atoms with Gasteiger partial charge in [-0.3, -0.25) is 0 Å². The number of benzene rings is 2. The lowest BCUT2D eigenvalue weighted by Crippen LogP contribution is -1.97. The molecule has 34 heavy (non-hydrogen) atoms. The maximum atomic E-state index is 13.7. The minimum absolute atomic E-state index is 0.113. The molecule has 4 aromatic rings. The van der Waals surface area contributed by atoms with Crippen LogP contribution in [0.3, 0.4) is 0 Å². The second kappa shape index (κ2) is 10.1. The summed E-state index contributed by atoms with van der Waals surface area (Å²) in [5, 5.41) is 36.2. The van der Waals surface area contributed by atoms with Gasteiger partial charge in [-0.2, -0.15) is 10.5 Å². The number of halogens is 2. The van der Waals surface area contributed by atoms with Crippen LogP contribution in [0.4, 0.5) is 8.78 Å². The summed E-state index contributed by atoms with van der Waals surface area (Å²) >= 11 is 0. The third-order valence-electron chi connectivity index (χ3n) is 4.73. The topological polar surface area (TPSA) is 140 Å². The van der Waals surface area contributed by atoms with Gasteiger partial charge in [0, 0.05) is 45.8 Å². The van der Waals surface area contributed by atoms with Crippen LogP contribution in [0.5, 0.6) is 11.5 Å². The van der Waals surface area contributed by atoms with E-state index in [0.717, 1.165) is 12.1 Å². The van der Waals surface area contributed by atoms with Crippen LogP contribution < -0.4 is 0 Å². The van der Waals surface area contributed by atoms with Gasteiger partial charge >= 0.3 is 0 Å². The zero-order valence-electron chi connectivity index (χ0n) is 18.0. The van der Waals surface area contributed by atoms with E-state index in [2.05, 4.69) is 19.9 Å². The highest BCUT2D eigenvalue weighted by molar-refractivity contribution is 5.72. The van der Waals surface area contributed by atoms with Gasteiger partial charge in [0.15, 0.2) is 11.4 Å². The zero-order valence-corrected chi connectivity index (χ0v) is 18.0. The van der Waals surface area contributed by atoms with Crippen molar-refractivity contribution in [2.75, 3.05) is 0 Å². The molecule has 8 nitrogen and oxygen atoms in total. The molecular weight excluding hydrogens is 442 g/mol. The first kappa shape index (κ1) is 23.7. The molecule has 0 aliphatic rings. The lowest BCUT2D eigenvalue weighted by molar-refractivity contribution is 0.468. The summed E-state index contributed by atoms with van der Waals surface area (Å²) in [6, 6.07) is 11.3. The summed E-state index contributed by atoms with van der Waals surface area (Å²) in [6.45, 7) is 3.34. The first-order chi connectivity index (χ1) is 16.3. The molecule has 0 aliphatic carbocycles. The second-order valence-corrected chi connectivity index (χ2v) is 6.92. The summed E-state index contributed by atoms with van der Waals surface area (Å²) in [6.07, 6.45) is 2.52. The van der Waals surface area contributed by atoms with Crippen LogP contribution in [0.2, 0.25) is 0 Å². The van der Waals surface area contributed by atoms with Gasteiger partial charge in [-0.15, -0.1) is 0 Å². The van der Waals surface area contributed by atoms with E-state index in [-0.39, 0.29) is 34.0 Å². The van der Waals surface area contributed by atoms with Crippen LogP contribution >= 0.6 is 0 Å². The van der Waals surface area contributed by atoms with E-state index >= 15 is 0 Å². The van der Waals surface area contributed by atoms with Crippen LogP contribution in [0, 0.1) is 48.1 Å². The molecular formula is C24H16F2N6O2. The van der Waals surface area contributed by atoms with Crippen molar-refractivity contribution in [2.24, 2.45) is 0 Å². The Morgan fingerprint density at radius 2 is 1.06 bits per heavy atom. The number of hydrogen-bond donors (Lipinski definition) is 2. The molecule has 2 aromatic heterocycles. The van der Waals surface area contributed by atoms with Crippen LogP contribution in [0.1, 0.15) is 22.8 Å². The van der Waals surface area contributed by atoms with Crippen LogP contribution in [0.25, 0.3) is 22.3 Å². The Labute approximate surface area is 193 Å². The van der Waals surface area contributed by atoms with Gasteiger partial charge in [0.25, 0.3) is 0 Å². The number of nitrogens with zero attached hydrogens (tertiary/aromatic N) is 6. The molecule has 2 aromatic carbocycles. The first-order valence-electron chi connectivity index (χ1n) is 9.68. The zero-order chi connectivity index (χ0) is 24.8. The van der Waals surface area contributed by atoms with Gasteiger partial charge < -0.3 is 10.2 Å². The van der Waals surface area contributed by atoms with Crippen molar-refractivity contribution in [2.45, 2.75) is 13.8 Å². The Bertz CT molecular complexity index is 1350. The Hall–Kier alpha value is -4.96. The quantitative estimate of drug-likeness (QED) is 0.452. The maximum Gasteiger partial charge on any atom is 0.152 e. The Morgan fingerprint density at radius 3 is 1.38 bits per heavy atom. The normalized spacial score (nSPS) is 9.94. The molecule has 0 spiro atoms. The molecule has 0 amide bonds. The molecule has 0 atom stereocenters. The highest BCUT2D eigenvalue weighted by atomic mass is 19.1. The van der Waals surface area contributed by atoms with E-state index in [1.54, 1.807) is 13.8 Å². The fraction of sp³-hybridized carbons (Fsp3) is 0.0833. The minimum Gasteiger partial charge on any atom is -0.508 e. The SMILES string of the molecule is Cc1ncnc(C#N)c1-c1ccc(O)cc1F.Cc1ncnc(C#N)c1-c1ccc(O)cc1F. The molecule has 0 unspecified atom stereocenters. The maximum absolute atomic E-state index is 13.7. The molecule has 0 bridgehead atoms. The molecule has 0 radical (unpaired) electrons. The van der Waals surface area contributed by atoms with Gasteiger partial charge in [-0.25, -0.2) is 28.7 Å². The predicted molar refractivity (Wildman–Crippen MR) is 117 cm³/mol. The fourth-order valence-corrected chi connectivity index (χ4v) is 3.18. The van der Waals surface area contributed by atoms with Crippen LogP contribution in [-0.2, 0) is 0 Å². The lowest BCUT2D eigenvalue weighted by Gasteiger charge is -2.07. The number of phenols is 2. The summed E-state index contributed by atoms with van der Waals surface area (Å²) < 4.78 is 27.4. The smallest absolute Gasteiger partial charge is 0.152 e. The lowest BCUT2D eigenvalue weighted by atomic mass is 10.0. The van der Waals surface area contributed by atoms with Gasteiger partial charge in [-0.1, -0.05) is 0 Å². The van der Waals surface area contributed by atoms with E-state index in [0.29, 0.717) is 22.5 Å². The summed E-state index contributed by atoms with van der Waals surface area (Å²) in [5.41, 5.74) is 2.38. The first-order valence-corrected chi connectivity index (χ1v) is 9.68. The number of phenolic OH excluding ortho intramolecular Hbond substituents is 2. The third-order valence-corrected chi connectivity index (χ3v) is 4.73. The molecule has 0 fully saturated rings. The Morgan fingerprint density at radius 1 is 0.676 bits per heavy atom. The molecule has 2 N–H and O–H groups in total. The molecule has 168 valence electrons. The Kier molecular flexibility index (Phi) is 7.04. The standard InChI is InChI=1S/2C12H8FN3O/c2*1-7-12(11(5-14)16-6-15-7)9-3-2-8(17)4-10(9)13/h2*2-4,6,17H,1H3. The van der Waals surface area contributed by atoms with Gasteiger partial charge in [0.2, 0.25) is 0 Å². The molecule has 2 heterocycles. The van der Waals surface area contributed by atoms with Crippen molar-refractivity contribution < 1.29 is 19.0 Å². The van der Waals surface area contributed by atoms with Crippen molar-refractivity contribution in [1.82, 2.24) is 19.9 Å². The number of aromatic hydroxyl groups is 2. The molecule has 0 saturated heterocycles. The van der Waals surface area contributed by atoms with Crippen LogP contribution in [-0.4, -0.2) is 30.1 Å². The number of hydrogen-bond acceptors (Lipinski definition) is 8. The average molecular weight is 458 g/mol. The number of aromatic nitrogens is 4. The molecule has 4 rings (SSSR count). The molecule has 10 heteroatoms. The van der Waals surface area contributed by atoms with E-state index in [4.69, 9.17) is 20.7 Å². The average Bonchev–Trinajstić information content (AvgIpc) is 2.80. The van der Waals surface area contributed by atoms with Crippen molar-refractivity contribution in [3.63, 3.8) is 0 Å². The van der Waals surface area contributed by atoms with Crippen molar-refractivity contribution in [1.29, 1.82) is 10.5 Å². The number of aryl methyl sites for hydroxylation is 2.